The van der Waals surface area contributed by atoms with E-state index >= 15 is 0 Å². The van der Waals surface area contributed by atoms with Crippen LogP contribution in [0.25, 0.3) is 16.0 Å². The van der Waals surface area contributed by atoms with Gasteiger partial charge in [0.15, 0.2) is 0 Å². The first-order chi connectivity index (χ1) is 35.8. The molecule has 0 unspecified atom stereocenters. The van der Waals surface area contributed by atoms with Crippen molar-refractivity contribution in [3.63, 3.8) is 0 Å². The third-order valence-electron chi connectivity index (χ3n) is 13.5. The van der Waals surface area contributed by atoms with E-state index in [1.54, 1.807) is 0 Å². The average molecular weight is 1240 g/mol. The second kappa shape index (κ2) is 46.3. The van der Waals surface area contributed by atoms with E-state index in [1.165, 1.54) is 0 Å². The minimum atomic E-state index is -0.646. The van der Waals surface area contributed by atoms with Crippen LogP contribution in [0.1, 0.15) is 83.1 Å². The van der Waals surface area contributed by atoms with Gasteiger partial charge in [-0.1, -0.05) is 54.6 Å². The first-order valence-electron chi connectivity index (χ1n) is 27.6. The van der Waals surface area contributed by atoms with Gasteiger partial charge < -0.3 is 49.3 Å². The Balaban J connectivity index is 0.00000159. The summed E-state index contributed by atoms with van der Waals surface area (Å²) in [6.45, 7) is 41.6. The molecule has 0 saturated carbocycles. The molecule has 3 fully saturated rings. The van der Waals surface area contributed by atoms with Crippen molar-refractivity contribution in [2.45, 2.75) is 117 Å². The largest absolute Gasteiger partial charge is 2.00 e. The molecule has 14 nitrogen and oxygen atoms in total. The van der Waals surface area contributed by atoms with E-state index in [0.717, 1.165) is 92.3 Å². The minimum absolute atomic E-state index is 0. The molecule has 434 valence electrons. The van der Waals surface area contributed by atoms with Crippen LogP contribution in [0, 0.1) is 10.8 Å². The van der Waals surface area contributed by atoms with Crippen LogP contribution in [-0.4, -0.2) is 181 Å². The van der Waals surface area contributed by atoms with Crippen LogP contribution in [0.5, 0.6) is 0 Å². The van der Waals surface area contributed by atoms with Crippen molar-refractivity contribution >= 4 is 57.9 Å². The van der Waals surface area contributed by atoms with Crippen molar-refractivity contribution in [3.05, 3.63) is 88.7 Å². The van der Waals surface area contributed by atoms with Crippen molar-refractivity contribution in [3.8, 4) is 0 Å². The van der Waals surface area contributed by atoms with Crippen LogP contribution in [0.15, 0.2) is 72.8 Å². The number of nitrogens with zero attached hydrogens (tertiary/aromatic N) is 8. The molecule has 3 heterocycles. The van der Waals surface area contributed by atoms with Crippen LogP contribution < -0.4 is 56.3 Å². The number of fused-ring (bicyclic) bond motifs is 21. The molecule has 0 aromatic heterocycles. The molecule has 3 aliphatic rings. The van der Waals surface area contributed by atoms with Crippen LogP contribution >= 0.6 is 23.8 Å². The van der Waals surface area contributed by atoms with Crippen molar-refractivity contribution in [1.82, 2.24) is 9.80 Å². The summed E-state index contributed by atoms with van der Waals surface area (Å²) in [5.74, 6) is 0. The van der Waals surface area contributed by atoms with E-state index in [4.69, 9.17) is 55.2 Å². The quantitative estimate of drug-likeness (QED) is 0.0679. The molecule has 2 bridgehead atoms. The van der Waals surface area contributed by atoms with Gasteiger partial charge in [0.05, 0.1) is 113 Å². The van der Waals surface area contributed by atoms with Gasteiger partial charge in [0.2, 0.25) is 0 Å². The summed E-state index contributed by atoms with van der Waals surface area (Å²) in [4.78, 5) is 7.03. The number of para-hydroxylation sites is 6. The Bertz CT molecular complexity index is 1670. The van der Waals surface area contributed by atoms with Gasteiger partial charge in [0.25, 0.3) is 0 Å². The van der Waals surface area contributed by atoms with Crippen molar-refractivity contribution < 1.29 is 113 Å². The topological polar surface area (TPSA) is 155 Å². The first-order valence-corrected chi connectivity index (χ1v) is 33.1. The maximum absolute atomic E-state index is 6.00. The van der Waals surface area contributed by atoms with Crippen LogP contribution in [-0.2, 0) is 62.0 Å². The Morgan fingerprint density at radius 1 is 0.390 bits per heavy atom. The number of rotatable bonds is 18. The Kier molecular flexibility index (Phi) is 46.2. The van der Waals surface area contributed by atoms with E-state index < -0.39 is 23.8 Å². The zero-order chi connectivity index (χ0) is 54.1. The fourth-order valence-electron chi connectivity index (χ4n) is 9.17. The number of hydrogen-bond donors (Lipinski definition) is 0. The number of ether oxygens (including phenoxy) is 6. The normalized spacial score (nSPS) is 17.6. The summed E-state index contributed by atoms with van der Waals surface area (Å²) < 4.78 is 34.2. The summed E-state index contributed by atoms with van der Waals surface area (Å²) in [6.07, 6.45) is 2.73. The molecular formula is C57H99Co2KN8O6P3+3. The third-order valence-corrected chi connectivity index (χ3v) is 24.0. The van der Waals surface area contributed by atoms with Crippen molar-refractivity contribution in [2.75, 3.05) is 142 Å². The van der Waals surface area contributed by atoms with Gasteiger partial charge in [0.1, 0.15) is 0 Å². The second-order valence-corrected chi connectivity index (χ2v) is 32.1. The Morgan fingerprint density at radius 3 is 0.779 bits per heavy atom. The summed E-state index contributed by atoms with van der Waals surface area (Å²) in [7, 11) is -1.94. The Labute approximate surface area is 534 Å². The molecular weight excluding hydrogens is 1140 g/mol. The zero-order valence-corrected chi connectivity index (χ0v) is 57.6. The fraction of sp³-hybridized carbons (Fsp3) is 0.684. The fourth-order valence-corrected chi connectivity index (χ4v) is 16.4. The summed E-state index contributed by atoms with van der Waals surface area (Å²) in [6, 6.07) is 26.1. The molecule has 3 aliphatic heterocycles. The third kappa shape index (κ3) is 30.3. The smallest absolute Gasteiger partial charge is 0.651 e. The molecule has 0 N–H and O–H groups in total. The summed E-state index contributed by atoms with van der Waals surface area (Å²) in [5, 5.41) is 28.1. The first kappa shape index (κ1) is 76.9. The van der Waals surface area contributed by atoms with Gasteiger partial charge in [0, 0.05) is 83.9 Å². The molecule has 2 radical (unpaired) electrons. The molecule has 0 spiro atoms. The van der Waals surface area contributed by atoms with Gasteiger partial charge in [-0.05, 0) is 144 Å². The van der Waals surface area contributed by atoms with Gasteiger partial charge in [-0.25, -0.2) is 0 Å². The van der Waals surface area contributed by atoms with E-state index in [2.05, 4.69) is 171 Å². The Hall–Kier alpha value is -0.101. The van der Waals surface area contributed by atoms with Crippen molar-refractivity contribution in [1.29, 1.82) is 10.8 Å². The van der Waals surface area contributed by atoms with Gasteiger partial charge in [-0.3, -0.25) is 9.80 Å². The zero-order valence-electron chi connectivity index (χ0n) is 49.4. The standard InChI is InChI=1S/C39H60N4P3.C18H36N2O6.2Co.K.N2/c1-28(2)44(29(3)4)25-40-34-19-13-16-22-37(34)43(38-23-17-14-20-35(38)41-26-45(30(5)6)31(7)8)39-24-18-15-21-36(39)42-27-46(32(9)10)33(11)12;1-7-21-13-14-24-10-4-20-5-11-25-17-15-22-8-2-19(1)3-9-23-16-18-26-12-6-20;;;;1-2/h13-24,28-33H,25-27H2,1-12H3;1-18H2;;;;/q-3;;;+2;+1;/p+3. The van der Waals surface area contributed by atoms with Crippen LogP contribution in [0.3, 0.4) is 0 Å². The second-order valence-electron chi connectivity index (χ2n) is 20.8. The van der Waals surface area contributed by atoms with Crippen LogP contribution in [0.2, 0.25) is 0 Å². The Morgan fingerprint density at radius 2 is 0.584 bits per heavy atom. The van der Waals surface area contributed by atoms with E-state index in [0.29, 0.717) is 113 Å². The van der Waals surface area contributed by atoms with E-state index in [9.17, 15) is 0 Å². The maximum atomic E-state index is 6.00. The monoisotopic (exact) mass is 1240 g/mol. The molecule has 0 amide bonds. The summed E-state index contributed by atoms with van der Waals surface area (Å²) >= 11 is 0. The average Bonchev–Trinajstić information content (AvgIpc) is 3.37. The predicted octanol–water partition coefficient (Wildman–Crippen LogP) is 10.9. The predicted molar refractivity (Wildman–Crippen MR) is 322 cm³/mol. The van der Waals surface area contributed by atoms with Gasteiger partial charge in [-0.2, -0.15) is 0 Å². The molecule has 0 aliphatic carbocycles. The number of anilines is 3. The molecule has 3 aromatic rings. The minimum Gasteiger partial charge on any atom is -0.651 e. The van der Waals surface area contributed by atoms with Gasteiger partial charge in [-0.15, -0.1) is 17.1 Å². The molecule has 3 saturated heterocycles. The SMILES string of the molecule is C1COCCN2CCOCCOCCN(CCO1)CCOCCOCC2.CC(C)[PH+](C[N-]c1ccccc1N(c1ccccc1[N-]C[PH+](C(C)C)C(C)C)c1ccccc1[N-]C[PH+](C(C)C)C(C)C)C(C)C.N#N.[Co+2].[Co].[K+]. The molecule has 77 heavy (non-hydrogen) atoms. The molecule has 0 atom stereocenters. The maximum Gasteiger partial charge on any atom is 2.00 e. The van der Waals surface area contributed by atoms with E-state index in [-0.39, 0.29) is 84.9 Å². The van der Waals surface area contributed by atoms with Crippen LogP contribution in [0.4, 0.5) is 34.1 Å². The van der Waals surface area contributed by atoms with Gasteiger partial charge >= 0.3 is 68.2 Å². The number of benzene rings is 3. The van der Waals surface area contributed by atoms with E-state index in [1.807, 2.05) is 0 Å². The molecule has 6 rings (SSSR count). The molecule has 3 aromatic carbocycles. The number of hydrogen-bond acceptors (Lipinski definition) is 11. The summed E-state index contributed by atoms with van der Waals surface area (Å²) in [5.41, 5.74) is 10.4. The molecule has 20 heteroatoms. The van der Waals surface area contributed by atoms with Crippen molar-refractivity contribution in [2.24, 2.45) is 0 Å².